The van der Waals surface area contributed by atoms with Gasteiger partial charge in [-0.15, -0.1) is 0 Å². The van der Waals surface area contributed by atoms with Crippen molar-refractivity contribution in [3.05, 3.63) is 48.4 Å². The number of ether oxygens (including phenoxy) is 1. The zero-order valence-electron chi connectivity index (χ0n) is 20.1. The van der Waals surface area contributed by atoms with Crippen LogP contribution in [0.5, 0.6) is 5.75 Å². The van der Waals surface area contributed by atoms with E-state index in [4.69, 9.17) is 9.15 Å². The van der Waals surface area contributed by atoms with E-state index in [2.05, 4.69) is 6.92 Å². The largest absolute Gasteiger partial charge is 0.486 e. The van der Waals surface area contributed by atoms with Crippen molar-refractivity contribution in [1.29, 1.82) is 0 Å². The molecule has 2 fully saturated rings. The van der Waals surface area contributed by atoms with Gasteiger partial charge in [0.25, 0.3) is 5.91 Å². The van der Waals surface area contributed by atoms with Crippen LogP contribution in [0.15, 0.2) is 47.1 Å². The molecular weight excluding hydrogens is 448 g/mol. The highest BCUT2D eigenvalue weighted by molar-refractivity contribution is 5.94. The molecule has 5 rings (SSSR count). The number of carbonyl (C=O) groups is 3. The maximum absolute atomic E-state index is 13.4. The molecule has 0 spiro atoms. The molecule has 0 aliphatic carbocycles. The third-order valence-corrected chi connectivity index (χ3v) is 7.25. The molecular formula is C26H32N4O5. The number of amides is 4. The number of urea groups is 1. The van der Waals surface area contributed by atoms with Gasteiger partial charge in [0.05, 0.1) is 18.5 Å². The first-order valence-corrected chi connectivity index (χ1v) is 12.5. The number of rotatable bonds is 3. The van der Waals surface area contributed by atoms with E-state index in [-0.39, 0.29) is 29.9 Å². The SMILES string of the molecule is CCC1CN(C(=O)N2CCC(C(=O)N3CCN(C(=O)c4ccco4)CC3)CC2)c2ccccc2O1. The first-order valence-electron chi connectivity index (χ1n) is 12.5. The van der Waals surface area contributed by atoms with E-state index in [9.17, 15) is 14.4 Å². The highest BCUT2D eigenvalue weighted by Gasteiger charge is 2.36. The van der Waals surface area contributed by atoms with Crippen LogP contribution in [0.4, 0.5) is 10.5 Å². The van der Waals surface area contributed by atoms with E-state index in [1.54, 1.807) is 17.0 Å². The highest BCUT2D eigenvalue weighted by Crippen LogP contribution is 2.35. The molecule has 3 aliphatic rings. The lowest BCUT2D eigenvalue weighted by Crippen LogP contribution is -2.54. The minimum Gasteiger partial charge on any atom is -0.486 e. The smallest absolute Gasteiger partial charge is 0.324 e. The van der Waals surface area contributed by atoms with E-state index in [0.29, 0.717) is 64.4 Å². The van der Waals surface area contributed by atoms with E-state index in [0.717, 1.165) is 17.9 Å². The molecule has 0 N–H and O–H groups in total. The van der Waals surface area contributed by atoms with E-state index in [1.807, 2.05) is 39.0 Å². The minimum atomic E-state index is -0.135. The second kappa shape index (κ2) is 10.0. The zero-order valence-corrected chi connectivity index (χ0v) is 20.1. The zero-order chi connectivity index (χ0) is 24.4. The number of likely N-dealkylation sites (tertiary alicyclic amines) is 1. The van der Waals surface area contributed by atoms with Crippen LogP contribution in [0.2, 0.25) is 0 Å². The number of piperazine rings is 1. The second-order valence-electron chi connectivity index (χ2n) is 9.37. The van der Waals surface area contributed by atoms with Crippen LogP contribution in [0.25, 0.3) is 0 Å². The first-order chi connectivity index (χ1) is 17.0. The molecule has 35 heavy (non-hydrogen) atoms. The van der Waals surface area contributed by atoms with Crippen molar-refractivity contribution in [2.24, 2.45) is 5.92 Å². The summed E-state index contributed by atoms with van der Waals surface area (Å²) in [7, 11) is 0. The molecule has 4 amide bonds. The van der Waals surface area contributed by atoms with E-state index < -0.39 is 0 Å². The van der Waals surface area contributed by atoms with E-state index >= 15 is 0 Å². The van der Waals surface area contributed by atoms with Crippen molar-refractivity contribution >= 4 is 23.5 Å². The maximum atomic E-state index is 13.4. The Labute approximate surface area is 205 Å². The number of benzene rings is 1. The van der Waals surface area contributed by atoms with Crippen molar-refractivity contribution < 1.29 is 23.5 Å². The number of hydrogen-bond acceptors (Lipinski definition) is 5. The van der Waals surface area contributed by atoms with Gasteiger partial charge in [0, 0.05) is 45.2 Å². The Kier molecular flexibility index (Phi) is 6.66. The van der Waals surface area contributed by atoms with Crippen LogP contribution in [0, 0.1) is 5.92 Å². The van der Waals surface area contributed by atoms with Crippen LogP contribution >= 0.6 is 0 Å². The van der Waals surface area contributed by atoms with Gasteiger partial charge in [-0.1, -0.05) is 19.1 Å². The molecule has 2 saturated heterocycles. The standard InChI is InChI=1S/C26H32N4O5/c1-2-20-18-30(21-6-3-4-7-22(21)35-20)26(33)29-11-9-19(10-12-29)24(31)27-13-15-28(16-14-27)25(32)23-8-5-17-34-23/h3-8,17,19-20H,2,9-16,18H2,1H3. The van der Waals surface area contributed by atoms with Crippen LogP contribution in [-0.2, 0) is 4.79 Å². The lowest BCUT2D eigenvalue weighted by atomic mass is 9.95. The fourth-order valence-corrected chi connectivity index (χ4v) is 5.12. The molecule has 1 aromatic carbocycles. The van der Waals surface area contributed by atoms with Crippen LogP contribution in [0.3, 0.4) is 0 Å². The number of fused-ring (bicyclic) bond motifs is 1. The third kappa shape index (κ3) is 4.72. The summed E-state index contributed by atoms with van der Waals surface area (Å²) >= 11 is 0. The molecule has 186 valence electrons. The van der Waals surface area contributed by atoms with Crippen molar-refractivity contribution in [2.75, 3.05) is 50.7 Å². The van der Waals surface area contributed by atoms with Gasteiger partial charge >= 0.3 is 6.03 Å². The van der Waals surface area contributed by atoms with Crippen LogP contribution < -0.4 is 9.64 Å². The average molecular weight is 481 g/mol. The number of anilines is 1. The Morgan fingerprint density at radius 3 is 2.29 bits per heavy atom. The molecule has 1 unspecified atom stereocenters. The number of hydrogen-bond donors (Lipinski definition) is 0. The molecule has 4 heterocycles. The summed E-state index contributed by atoms with van der Waals surface area (Å²) in [5.74, 6) is 0.976. The third-order valence-electron chi connectivity index (χ3n) is 7.25. The molecule has 1 atom stereocenters. The van der Waals surface area contributed by atoms with Gasteiger partial charge in [-0.05, 0) is 43.5 Å². The first kappa shape index (κ1) is 23.3. The van der Waals surface area contributed by atoms with Gasteiger partial charge in [-0.3, -0.25) is 14.5 Å². The van der Waals surface area contributed by atoms with Crippen LogP contribution in [0.1, 0.15) is 36.7 Å². The summed E-state index contributed by atoms with van der Waals surface area (Å²) in [6.45, 7) is 5.75. The van der Waals surface area contributed by atoms with Gasteiger partial charge in [-0.25, -0.2) is 4.79 Å². The summed E-state index contributed by atoms with van der Waals surface area (Å²) in [5, 5.41) is 0. The number of nitrogens with zero attached hydrogens (tertiary/aromatic N) is 4. The van der Waals surface area contributed by atoms with Gasteiger partial charge in [-0.2, -0.15) is 0 Å². The predicted molar refractivity (Wildman–Crippen MR) is 129 cm³/mol. The normalized spacial score (nSPS) is 20.9. The van der Waals surface area contributed by atoms with Crippen LogP contribution in [-0.4, -0.2) is 84.5 Å². The number of furan rings is 1. The van der Waals surface area contributed by atoms with Gasteiger partial charge in [0.2, 0.25) is 5.91 Å². The van der Waals surface area contributed by atoms with Crippen molar-refractivity contribution in [3.8, 4) is 5.75 Å². The fraction of sp³-hybridized carbons (Fsp3) is 0.500. The quantitative estimate of drug-likeness (QED) is 0.674. The predicted octanol–water partition coefficient (Wildman–Crippen LogP) is 3.07. The van der Waals surface area contributed by atoms with Crippen molar-refractivity contribution in [1.82, 2.24) is 14.7 Å². The lowest BCUT2D eigenvalue weighted by molar-refractivity contribution is -0.138. The number of piperidine rings is 1. The van der Waals surface area contributed by atoms with Gasteiger partial charge < -0.3 is 23.9 Å². The molecule has 0 bridgehead atoms. The molecule has 1 aromatic heterocycles. The fourth-order valence-electron chi connectivity index (χ4n) is 5.12. The molecule has 0 radical (unpaired) electrons. The Bertz CT molecular complexity index is 1060. The summed E-state index contributed by atoms with van der Waals surface area (Å²) in [4.78, 5) is 46.3. The number of carbonyl (C=O) groups excluding carboxylic acids is 3. The Hall–Kier alpha value is -3.49. The monoisotopic (exact) mass is 480 g/mol. The lowest BCUT2D eigenvalue weighted by Gasteiger charge is -2.41. The Morgan fingerprint density at radius 2 is 1.60 bits per heavy atom. The van der Waals surface area contributed by atoms with Crippen molar-refractivity contribution in [2.45, 2.75) is 32.3 Å². The van der Waals surface area contributed by atoms with E-state index in [1.165, 1.54) is 6.26 Å². The summed E-state index contributed by atoms with van der Waals surface area (Å²) in [5.41, 5.74) is 0.808. The minimum absolute atomic E-state index is 0.0184. The Morgan fingerprint density at radius 1 is 0.886 bits per heavy atom. The van der Waals surface area contributed by atoms with Gasteiger partial charge in [0.1, 0.15) is 11.9 Å². The molecule has 9 heteroatoms. The summed E-state index contributed by atoms with van der Waals surface area (Å²) in [6.07, 6.45) is 3.60. The second-order valence-corrected chi connectivity index (χ2v) is 9.37. The molecule has 3 aliphatic heterocycles. The Balaban J connectivity index is 1.14. The summed E-state index contributed by atoms with van der Waals surface area (Å²) in [6, 6.07) is 11.0. The topological polar surface area (TPSA) is 86.5 Å². The highest BCUT2D eigenvalue weighted by atomic mass is 16.5. The van der Waals surface area contributed by atoms with Crippen molar-refractivity contribution in [3.63, 3.8) is 0 Å². The van der Waals surface area contributed by atoms with Gasteiger partial charge in [0.15, 0.2) is 5.76 Å². The molecule has 2 aromatic rings. The maximum Gasteiger partial charge on any atom is 0.324 e. The number of para-hydroxylation sites is 2. The summed E-state index contributed by atoms with van der Waals surface area (Å²) < 4.78 is 11.2. The molecule has 0 saturated carbocycles. The average Bonchev–Trinajstić information content (AvgIpc) is 3.46. The molecule has 9 nitrogen and oxygen atoms in total.